The SMILES string of the molecule is C=CC(=O)OCC(C)CCC(C)c1ccc(-c2ccc(OC(=O)C(=C)C)cc2)cc1. The summed E-state index contributed by atoms with van der Waals surface area (Å²) in [5.41, 5.74) is 3.81. The molecule has 0 aliphatic carbocycles. The number of hydrogen-bond acceptors (Lipinski definition) is 4. The molecular formula is C26H30O4. The average Bonchev–Trinajstić information content (AvgIpc) is 2.76. The molecule has 0 amide bonds. The summed E-state index contributed by atoms with van der Waals surface area (Å²) in [6.07, 6.45) is 3.20. The first-order valence-electron chi connectivity index (χ1n) is 10.2. The molecule has 0 bridgehead atoms. The standard InChI is InChI=1S/C26H30O4/c1-6-25(27)29-17-19(4)7-8-20(5)21-9-11-22(12-10-21)23-13-15-24(16-14-23)30-26(28)18(2)3/h6,9-16,19-20H,1-2,7-8,17H2,3-5H3. The normalized spacial score (nSPS) is 12.5. The van der Waals surface area contributed by atoms with Crippen molar-refractivity contribution in [3.8, 4) is 16.9 Å². The molecule has 0 saturated heterocycles. The molecule has 0 fully saturated rings. The summed E-state index contributed by atoms with van der Waals surface area (Å²) < 4.78 is 10.3. The molecule has 0 aromatic heterocycles. The van der Waals surface area contributed by atoms with E-state index < -0.39 is 5.97 Å². The molecule has 2 aromatic carbocycles. The van der Waals surface area contributed by atoms with Crippen LogP contribution in [0, 0.1) is 5.92 Å². The molecule has 0 aliphatic rings. The second-order valence-corrected chi connectivity index (χ2v) is 7.73. The van der Waals surface area contributed by atoms with E-state index >= 15 is 0 Å². The zero-order valence-electron chi connectivity index (χ0n) is 18.0. The highest BCUT2D eigenvalue weighted by Gasteiger charge is 2.11. The van der Waals surface area contributed by atoms with Crippen molar-refractivity contribution in [1.29, 1.82) is 0 Å². The fraction of sp³-hybridized carbons (Fsp3) is 0.308. The largest absolute Gasteiger partial charge is 0.462 e. The Morgan fingerprint density at radius 2 is 1.53 bits per heavy atom. The third-order valence-electron chi connectivity index (χ3n) is 5.00. The van der Waals surface area contributed by atoms with Gasteiger partial charge in [0.15, 0.2) is 0 Å². The minimum absolute atomic E-state index is 0.313. The first kappa shape index (κ1) is 23.1. The zero-order valence-corrected chi connectivity index (χ0v) is 18.0. The lowest BCUT2D eigenvalue weighted by molar-refractivity contribution is -0.139. The second-order valence-electron chi connectivity index (χ2n) is 7.73. The van der Waals surface area contributed by atoms with E-state index in [2.05, 4.69) is 51.3 Å². The Kier molecular flexibility index (Phi) is 8.60. The molecule has 30 heavy (non-hydrogen) atoms. The van der Waals surface area contributed by atoms with Crippen molar-refractivity contribution in [2.75, 3.05) is 6.61 Å². The monoisotopic (exact) mass is 406 g/mol. The maximum atomic E-state index is 11.6. The van der Waals surface area contributed by atoms with Crippen LogP contribution < -0.4 is 4.74 Å². The molecule has 2 unspecified atom stereocenters. The number of esters is 2. The van der Waals surface area contributed by atoms with Crippen LogP contribution in [-0.4, -0.2) is 18.5 Å². The van der Waals surface area contributed by atoms with E-state index in [-0.39, 0.29) is 5.97 Å². The van der Waals surface area contributed by atoms with Gasteiger partial charge in [0.25, 0.3) is 0 Å². The Morgan fingerprint density at radius 3 is 2.07 bits per heavy atom. The first-order chi connectivity index (χ1) is 14.3. The van der Waals surface area contributed by atoms with E-state index in [1.165, 1.54) is 11.6 Å². The topological polar surface area (TPSA) is 52.6 Å². The van der Waals surface area contributed by atoms with Crippen molar-refractivity contribution in [1.82, 2.24) is 0 Å². The van der Waals surface area contributed by atoms with E-state index in [4.69, 9.17) is 9.47 Å². The third kappa shape index (κ3) is 7.03. The molecular weight excluding hydrogens is 376 g/mol. The molecule has 2 aromatic rings. The van der Waals surface area contributed by atoms with Crippen LogP contribution in [-0.2, 0) is 14.3 Å². The summed E-state index contributed by atoms with van der Waals surface area (Å²) in [6.45, 7) is 13.3. The Balaban J connectivity index is 1.91. The highest BCUT2D eigenvalue weighted by molar-refractivity contribution is 5.88. The smallest absolute Gasteiger partial charge is 0.338 e. The Morgan fingerprint density at radius 1 is 0.967 bits per heavy atom. The molecule has 0 heterocycles. The summed E-state index contributed by atoms with van der Waals surface area (Å²) in [5.74, 6) is 0.445. The van der Waals surface area contributed by atoms with Gasteiger partial charge in [0.05, 0.1) is 6.61 Å². The van der Waals surface area contributed by atoms with Gasteiger partial charge < -0.3 is 9.47 Å². The Bertz CT molecular complexity index is 878. The fourth-order valence-electron chi connectivity index (χ4n) is 2.98. The average molecular weight is 407 g/mol. The maximum absolute atomic E-state index is 11.6. The van der Waals surface area contributed by atoms with Crippen LogP contribution >= 0.6 is 0 Å². The summed E-state index contributed by atoms with van der Waals surface area (Å²) in [4.78, 5) is 22.7. The van der Waals surface area contributed by atoms with Crippen molar-refractivity contribution in [2.24, 2.45) is 5.92 Å². The van der Waals surface area contributed by atoms with Crippen molar-refractivity contribution in [3.05, 3.63) is 78.9 Å². The molecule has 2 atom stereocenters. The number of carbonyl (C=O) groups is 2. The van der Waals surface area contributed by atoms with E-state index in [9.17, 15) is 9.59 Å². The lowest BCUT2D eigenvalue weighted by Gasteiger charge is -2.16. The number of benzene rings is 2. The van der Waals surface area contributed by atoms with Crippen LogP contribution in [0.15, 0.2) is 73.3 Å². The molecule has 0 saturated carbocycles. The Labute approximate surface area is 179 Å². The fourth-order valence-corrected chi connectivity index (χ4v) is 2.98. The van der Waals surface area contributed by atoms with E-state index in [0.717, 1.165) is 24.0 Å². The van der Waals surface area contributed by atoms with Crippen molar-refractivity contribution >= 4 is 11.9 Å². The molecule has 0 spiro atoms. The number of carbonyl (C=O) groups excluding carboxylic acids is 2. The van der Waals surface area contributed by atoms with Gasteiger partial charge in [-0.2, -0.15) is 0 Å². The highest BCUT2D eigenvalue weighted by Crippen LogP contribution is 2.27. The van der Waals surface area contributed by atoms with Gasteiger partial charge in [-0.05, 0) is 60.4 Å². The highest BCUT2D eigenvalue weighted by atomic mass is 16.5. The van der Waals surface area contributed by atoms with Gasteiger partial charge in [-0.25, -0.2) is 9.59 Å². The van der Waals surface area contributed by atoms with Crippen molar-refractivity contribution < 1.29 is 19.1 Å². The van der Waals surface area contributed by atoms with Crippen LogP contribution in [0.3, 0.4) is 0 Å². The van der Waals surface area contributed by atoms with Crippen LogP contribution in [0.4, 0.5) is 0 Å². The number of ether oxygens (including phenoxy) is 2. The predicted molar refractivity (Wildman–Crippen MR) is 120 cm³/mol. The molecule has 4 heteroatoms. The van der Waals surface area contributed by atoms with Crippen molar-refractivity contribution in [2.45, 2.75) is 39.5 Å². The van der Waals surface area contributed by atoms with Crippen LogP contribution in [0.2, 0.25) is 0 Å². The Hall–Kier alpha value is -3.14. The van der Waals surface area contributed by atoms with Crippen molar-refractivity contribution in [3.63, 3.8) is 0 Å². The summed E-state index contributed by atoms with van der Waals surface area (Å²) >= 11 is 0. The lowest BCUT2D eigenvalue weighted by Crippen LogP contribution is -2.10. The van der Waals surface area contributed by atoms with Gasteiger partial charge >= 0.3 is 11.9 Å². The molecule has 158 valence electrons. The maximum Gasteiger partial charge on any atom is 0.338 e. The molecule has 0 aliphatic heterocycles. The lowest BCUT2D eigenvalue weighted by atomic mass is 9.91. The molecule has 2 rings (SSSR count). The number of rotatable bonds is 10. The minimum Gasteiger partial charge on any atom is -0.462 e. The zero-order chi connectivity index (χ0) is 22.1. The van der Waals surface area contributed by atoms with Crippen LogP contribution in [0.5, 0.6) is 5.75 Å². The quantitative estimate of drug-likeness (QED) is 0.272. The van der Waals surface area contributed by atoms with Gasteiger partial charge in [-0.1, -0.05) is 63.4 Å². The molecule has 4 nitrogen and oxygen atoms in total. The van der Waals surface area contributed by atoms with Gasteiger partial charge in [0.1, 0.15) is 5.75 Å². The second kappa shape index (κ2) is 11.1. The third-order valence-corrected chi connectivity index (χ3v) is 5.00. The summed E-state index contributed by atoms with van der Waals surface area (Å²) in [6, 6.07) is 16.0. The molecule has 0 N–H and O–H groups in total. The number of hydrogen-bond donors (Lipinski definition) is 0. The van der Waals surface area contributed by atoms with E-state index in [0.29, 0.717) is 29.8 Å². The predicted octanol–water partition coefficient (Wildman–Crippen LogP) is 6.08. The first-order valence-corrected chi connectivity index (χ1v) is 10.2. The van der Waals surface area contributed by atoms with Gasteiger partial charge in [0, 0.05) is 11.6 Å². The van der Waals surface area contributed by atoms with Gasteiger partial charge in [-0.3, -0.25) is 0 Å². The minimum atomic E-state index is -0.422. The van der Waals surface area contributed by atoms with Crippen LogP contribution in [0.1, 0.15) is 45.1 Å². The summed E-state index contributed by atoms with van der Waals surface area (Å²) in [5, 5.41) is 0. The molecule has 0 radical (unpaired) electrons. The van der Waals surface area contributed by atoms with E-state index in [1.54, 1.807) is 19.1 Å². The van der Waals surface area contributed by atoms with Crippen LogP contribution in [0.25, 0.3) is 11.1 Å². The summed E-state index contributed by atoms with van der Waals surface area (Å²) in [7, 11) is 0. The van der Waals surface area contributed by atoms with Gasteiger partial charge in [-0.15, -0.1) is 0 Å². The van der Waals surface area contributed by atoms with E-state index in [1.807, 2.05) is 12.1 Å². The van der Waals surface area contributed by atoms with Gasteiger partial charge in [0.2, 0.25) is 0 Å².